The summed E-state index contributed by atoms with van der Waals surface area (Å²) in [6.07, 6.45) is 3.91. The first kappa shape index (κ1) is 10.4. The summed E-state index contributed by atoms with van der Waals surface area (Å²) in [5.74, 6) is 0.646. The highest BCUT2D eigenvalue weighted by Gasteiger charge is 2.19. The second kappa shape index (κ2) is 4.19. The van der Waals surface area contributed by atoms with Gasteiger partial charge < -0.3 is 5.11 Å². The summed E-state index contributed by atoms with van der Waals surface area (Å²) in [4.78, 5) is 0. The smallest absolute Gasteiger partial charge is 0.0698 e. The van der Waals surface area contributed by atoms with Crippen LogP contribution in [-0.4, -0.2) is 11.2 Å². The first-order valence-corrected chi connectivity index (χ1v) is 5.66. The second-order valence-corrected chi connectivity index (χ2v) is 4.46. The molecule has 0 heterocycles. The molecule has 1 aliphatic rings. The van der Waals surface area contributed by atoms with Crippen LogP contribution in [0, 0.1) is 0 Å². The molecule has 2 rings (SSSR count). The van der Waals surface area contributed by atoms with Gasteiger partial charge in [-0.15, -0.1) is 0 Å². The third kappa shape index (κ3) is 2.13. The lowest BCUT2D eigenvalue weighted by molar-refractivity contribution is 0.244. The molecule has 1 heteroatoms. The minimum atomic E-state index is -0.346. The van der Waals surface area contributed by atoms with E-state index in [1.807, 2.05) is 13.0 Å². The van der Waals surface area contributed by atoms with E-state index in [-0.39, 0.29) is 6.10 Å². The molecule has 0 aromatic heterocycles. The van der Waals surface area contributed by atoms with E-state index in [0.717, 1.165) is 6.42 Å². The summed E-state index contributed by atoms with van der Waals surface area (Å²) in [6, 6.07) is 8.54. The number of rotatable bonds is 1. The van der Waals surface area contributed by atoms with Crippen LogP contribution in [0.1, 0.15) is 43.7 Å². The molecule has 0 fully saturated rings. The lowest BCUT2D eigenvalue weighted by Gasteiger charge is -2.25. The van der Waals surface area contributed by atoms with Gasteiger partial charge in [-0.05, 0) is 42.4 Å². The zero-order valence-electron chi connectivity index (χ0n) is 9.40. The summed E-state index contributed by atoms with van der Waals surface area (Å²) in [7, 11) is 0. The van der Waals surface area contributed by atoms with Crippen molar-refractivity contribution in [3.63, 3.8) is 0 Å². The Kier molecular flexibility index (Phi) is 2.92. The highest BCUT2D eigenvalue weighted by molar-refractivity contribution is 5.71. The number of hydrogen-bond acceptors (Lipinski definition) is 1. The fourth-order valence-corrected chi connectivity index (χ4v) is 2.35. The van der Waals surface area contributed by atoms with Crippen molar-refractivity contribution >= 4 is 5.57 Å². The predicted molar refractivity (Wildman–Crippen MR) is 63.7 cm³/mol. The molecule has 0 bridgehead atoms. The highest BCUT2D eigenvalue weighted by Crippen LogP contribution is 2.37. The maximum atomic E-state index is 9.42. The molecule has 1 aromatic rings. The number of aliphatic hydroxyl groups excluding tert-OH is 1. The standard InChI is InChI=1S/C14H18O/c1-10-7-8-12(9-11(2)15)14-6-4-3-5-13(10)14/h3-6,9-11,15H,7-8H2,1-2H3/b12-9-. The van der Waals surface area contributed by atoms with Crippen molar-refractivity contribution < 1.29 is 5.11 Å². The highest BCUT2D eigenvalue weighted by atomic mass is 16.3. The Labute approximate surface area is 91.4 Å². The van der Waals surface area contributed by atoms with E-state index in [4.69, 9.17) is 0 Å². The minimum absolute atomic E-state index is 0.346. The van der Waals surface area contributed by atoms with Gasteiger partial charge in [-0.25, -0.2) is 0 Å². The lowest BCUT2D eigenvalue weighted by atomic mass is 9.80. The Morgan fingerprint density at radius 3 is 2.87 bits per heavy atom. The summed E-state index contributed by atoms with van der Waals surface area (Å²) >= 11 is 0. The minimum Gasteiger partial charge on any atom is -0.389 e. The van der Waals surface area contributed by atoms with Crippen LogP contribution >= 0.6 is 0 Å². The molecule has 2 atom stereocenters. The van der Waals surface area contributed by atoms with Gasteiger partial charge in [0.2, 0.25) is 0 Å². The van der Waals surface area contributed by atoms with Crippen molar-refractivity contribution in [2.24, 2.45) is 0 Å². The maximum Gasteiger partial charge on any atom is 0.0698 e. The van der Waals surface area contributed by atoms with Crippen LogP contribution in [0.25, 0.3) is 5.57 Å². The van der Waals surface area contributed by atoms with Crippen LogP contribution in [0.5, 0.6) is 0 Å². The summed E-state index contributed by atoms with van der Waals surface area (Å²) in [5.41, 5.74) is 4.06. The van der Waals surface area contributed by atoms with Crippen molar-refractivity contribution in [2.75, 3.05) is 0 Å². The Morgan fingerprint density at radius 1 is 1.40 bits per heavy atom. The van der Waals surface area contributed by atoms with E-state index in [9.17, 15) is 5.11 Å². The molecule has 0 saturated carbocycles. The molecule has 0 aliphatic heterocycles. The van der Waals surface area contributed by atoms with Crippen LogP contribution in [-0.2, 0) is 0 Å². The van der Waals surface area contributed by atoms with Crippen molar-refractivity contribution in [2.45, 2.75) is 38.7 Å². The van der Waals surface area contributed by atoms with E-state index < -0.39 is 0 Å². The van der Waals surface area contributed by atoms with Gasteiger partial charge in [0.25, 0.3) is 0 Å². The molecular formula is C14H18O. The number of benzene rings is 1. The fourth-order valence-electron chi connectivity index (χ4n) is 2.35. The predicted octanol–water partition coefficient (Wildman–Crippen LogP) is 3.35. The van der Waals surface area contributed by atoms with Crippen molar-refractivity contribution in [3.8, 4) is 0 Å². The first-order valence-electron chi connectivity index (χ1n) is 5.66. The summed E-state index contributed by atoms with van der Waals surface area (Å²) in [6.45, 7) is 4.09. The van der Waals surface area contributed by atoms with Gasteiger partial charge in [-0.1, -0.05) is 37.3 Å². The molecule has 0 spiro atoms. The van der Waals surface area contributed by atoms with Crippen molar-refractivity contribution in [3.05, 3.63) is 41.5 Å². The maximum absolute atomic E-state index is 9.42. The molecule has 2 unspecified atom stereocenters. The summed E-state index contributed by atoms with van der Waals surface area (Å²) in [5, 5.41) is 9.42. The van der Waals surface area contributed by atoms with Crippen molar-refractivity contribution in [1.82, 2.24) is 0 Å². The fraction of sp³-hybridized carbons (Fsp3) is 0.429. The van der Waals surface area contributed by atoms with E-state index in [2.05, 4.69) is 31.2 Å². The van der Waals surface area contributed by atoms with Gasteiger partial charge in [0.1, 0.15) is 0 Å². The largest absolute Gasteiger partial charge is 0.389 e. The summed E-state index contributed by atoms with van der Waals surface area (Å²) < 4.78 is 0. The van der Waals surface area contributed by atoms with Crippen LogP contribution in [0.3, 0.4) is 0 Å². The molecule has 1 aliphatic carbocycles. The first-order chi connectivity index (χ1) is 7.18. The third-order valence-corrected chi connectivity index (χ3v) is 3.13. The quantitative estimate of drug-likeness (QED) is 0.740. The Hall–Kier alpha value is -1.08. The van der Waals surface area contributed by atoms with Crippen LogP contribution in [0.15, 0.2) is 30.3 Å². The molecule has 1 nitrogen and oxygen atoms in total. The number of aliphatic hydroxyl groups is 1. The normalized spacial score (nSPS) is 25.0. The average Bonchev–Trinajstić information content (AvgIpc) is 2.22. The number of allylic oxidation sites excluding steroid dienone is 1. The van der Waals surface area contributed by atoms with Gasteiger partial charge in [0, 0.05) is 0 Å². The zero-order valence-corrected chi connectivity index (χ0v) is 9.40. The molecule has 0 amide bonds. The molecule has 1 aromatic carbocycles. The van der Waals surface area contributed by atoms with Gasteiger partial charge in [0.05, 0.1) is 6.10 Å². The lowest BCUT2D eigenvalue weighted by Crippen LogP contribution is -2.07. The van der Waals surface area contributed by atoms with Gasteiger partial charge >= 0.3 is 0 Å². The Bertz CT molecular complexity index is 377. The van der Waals surface area contributed by atoms with Gasteiger partial charge in [-0.3, -0.25) is 0 Å². The van der Waals surface area contributed by atoms with Crippen molar-refractivity contribution in [1.29, 1.82) is 0 Å². The molecule has 15 heavy (non-hydrogen) atoms. The van der Waals surface area contributed by atoms with E-state index >= 15 is 0 Å². The second-order valence-electron chi connectivity index (χ2n) is 4.46. The van der Waals surface area contributed by atoms with Gasteiger partial charge in [-0.2, -0.15) is 0 Å². The molecular weight excluding hydrogens is 184 g/mol. The number of fused-ring (bicyclic) bond motifs is 1. The number of hydrogen-bond donors (Lipinski definition) is 1. The Morgan fingerprint density at radius 2 is 2.13 bits per heavy atom. The molecule has 80 valence electrons. The SMILES string of the molecule is CC(O)/C=C1/CCC(C)c2ccccc21. The average molecular weight is 202 g/mol. The molecule has 0 saturated heterocycles. The van der Waals surface area contributed by atoms with Crippen LogP contribution < -0.4 is 0 Å². The Balaban J connectivity index is 2.45. The van der Waals surface area contributed by atoms with E-state index in [0.29, 0.717) is 5.92 Å². The van der Waals surface area contributed by atoms with Crippen LogP contribution in [0.2, 0.25) is 0 Å². The topological polar surface area (TPSA) is 20.2 Å². The van der Waals surface area contributed by atoms with Crippen LogP contribution in [0.4, 0.5) is 0 Å². The van der Waals surface area contributed by atoms with E-state index in [1.165, 1.54) is 23.1 Å². The van der Waals surface area contributed by atoms with E-state index in [1.54, 1.807) is 0 Å². The third-order valence-electron chi connectivity index (χ3n) is 3.13. The zero-order chi connectivity index (χ0) is 10.8. The monoisotopic (exact) mass is 202 g/mol. The molecule has 0 radical (unpaired) electrons. The molecule has 1 N–H and O–H groups in total. The van der Waals surface area contributed by atoms with Gasteiger partial charge in [0.15, 0.2) is 0 Å².